The molecule has 2 aromatic carbocycles. The van der Waals surface area contributed by atoms with Crippen LogP contribution in [0.25, 0.3) is 10.9 Å². The summed E-state index contributed by atoms with van der Waals surface area (Å²) in [7, 11) is 0. The van der Waals surface area contributed by atoms with Crippen molar-refractivity contribution in [3.63, 3.8) is 0 Å². The molecule has 3 N–H and O–H groups in total. The van der Waals surface area contributed by atoms with Gasteiger partial charge in [0.05, 0.1) is 0 Å². The molecule has 0 aliphatic heterocycles. The quantitative estimate of drug-likeness (QED) is 0.577. The number of fused-ring (bicyclic) bond motifs is 1. The number of benzene rings is 2. The van der Waals surface area contributed by atoms with Crippen molar-refractivity contribution in [3.8, 4) is 0 Å². The van der Waals surface area contributed by atoms with Gasteiger partial charge in [0.1, 0.15) is 0 Å². The molecule has 1 heterocycles. The van der Waals surface area contributed by atoms with Gasteiger partial charge in [-0.1, -0.05) is 23.7 Å². The Labute approximate surface area is 152 Å². The molecule has 0 aliphatic carbocycles. The molecule has 0 aliphatic rings. The number of halogens is 1. The molecule has 1 aromatic heterocycles. The van der Waals surface area contributed by atoms with Gasteiger partial charge in [0.15, 0.2) is 5.11 Å². The van der Waals surface area contributed by atoms with E-state index < -0.39 is 0 Å². The normalized spacial score (nSPS) is 10.8. The van der Waals surface area contributed by atoms with E-state index in [1.165, 1.54) is 16.7 Å². The first-order valence-electron chi connectivity index (χ1n) is 7.91. The fraction of sp³-hybridized carbons (Fsp3) is 0.211. The SMILES string of the molecule is Cc1cccc(NC(=S)NCCc2c[nH]c3ccc(Cl)cc23)c1C. The second-order valence-electron chi connectivity index (χ2n) is 5.88. The van der Waals surface area contributed by atoms with E-state index in [2.05, 4.69) is 35.5 Å². The number of H-pyrrole nitrogens is 1. The molecular formula is C19H20ClN3S. The summed E-state index contributed by atoms with van der Waals surface area (Å²) < 4.78 is 0. The van der Waals surface area contributed by atoms with Gasteiger partial charge in [-0.05, 0) is 73.4 Å². The van der Waals surface area contributed by atoms with E-state index in [1.54, 1.807) is 0 Å². The van der Waals surface area contributed by atoms with E-state index in [4.69, 9.17) is 23.8 Å². The molecule has 124 valence electrons. The lowest BCUT2D eigenvalue weighted by atomic mass is 10.1. The van der Waals surface area contributed by atoms with Crippen molar-refractivity contribution >= 4 is 45.5 Å². The summed E-state index contributed by atoms with van der Waals surface area (Å²) in [5.41, 5.74) is 5.85. The van der Waals surface area contributed by atoms with Gasteiger partial charge in [-0.2, -0.15) is 0 Å². The molecule has 0 spiro atoms. The summed E-state index contributed by atoms with van der Waals surface area (Å²) in [5.74, 6) is 0. The van der Waals surface area contributed by atoms with Crippen molar-refractivity contribution in [2.45, 2.75) is 20.3 Å². The molecule has 0 saturated heterocycles. The van der Waals surface area contributed by atoms with Gasteiger partial charge in [-0.25, -0.2) is 0 Å². The van der Waals surface area contributed by atoms with Crippen LogP contribution >= 0.6 is 23.8 Å². The predicted octanol–water partition coefficient (Wildman–Crippen LogP) is 4.97. The smallest absolute Gasteiger partial charge is 0.170 e. The van der Waals surface area contributed by atoms with Crippen LogP contribution in [0.2, 0.25) is 5.02 Å². The lowest BCUT2D eigenvalue weighted by Gasteiger charge is -2.13. The predicted molar refractivity (Wildman–Crippen MR) is 107 cm³/mol. The maximum Gasteiger partial charge on any atom is 0.170 e. The molecule has 0 radical (unpaired) electrons. The van der Waals surface area contributed by atoms with Crippen LogP contribution in [0.1, 0.15) is 16.7 Å². The zero-order valence-electron chi connectivity index (χ0n) is 13.7. The molecule has 5 heteroatoms. The van der Waals surface area contributed by atoms with Gasteiger partial charge in [-0.3, -0.25) is 0 Å². The number of anilines is 1. The molecule has 3 rings (SSSR count). The summed E-state index contributed by atoms with van der Waals surface area (Å²) >= 11 is 11.5. The Hall–Kier alpha value is -2.04. The fourth-order valence-corrected chi connectivity index (χ4v) is 3.11. The van der Waals surface area contributed by atoms with E-state index in [9.17, 15) is 0 Å². The lowest BCUT2D eigenvalue weighted by Crippen LogP contribution is -2.30. The molecular weight excluding hydrogens is 338 g/mol. The van der Waals surface area contributed by atoms with Gasteiger partial charge in [0.25, 0.3) is 0 Å². The highest BCUT2D eigenvalue weighted by Gasteiger charge is 2.06. The summed E-state index contributed by atoms with van der Waals surface area (Å²) in [6.07, 6.45) is 2.90. The second kappa shape index (κ2) is 7.24. The minimum absolute atomic E-state index is 0.640. The zero-order valence-corrected chi connectivity index (χ0v) is 15.3. The van der Waals surface area contributed by atoms with Gasteiger partial charge < -0.3 is 15.6 Å². The van der Waals surface area contributed by atoms with Crippen molar-refractivity contribution in [2.24, 2.45) is 0 Å². The van der Waals surface area contributed by atoms with Gasteiger partial charge >= 0.3 is 0 Å². The third-order valence-corrected chi connectivity index (χ3v) is 4.74. The van der Waals surface area contributed by atoms with E-state index in [-0.39, 0.29) is 0 Å². The Balaban J connectivity index is 1.58. The third-order valence-electron chi connectivity index (χ3n) is 4.26. The first-order valence-corrected chi connectivity index (χ1v) is 8.70. The molecule has 0 bridgehead atoms. The first-order chi connectivity index (χ1) is 11.5. The summed E-state index contributed by atoms with van der Waals surface area (Å²) in [6.45, 7) is 4.95. The summed E-state index contributed by atoms with van der Waals surface area (Å²) in [5, 5.41) is 9.10. The maximum absolute atomic E-state index is 6.09. The molecule has 0 fully saturated rings. The number of aryl methyl sites for hydroxylation is 1. The molecule has 0 saturated carbocycles. The van der Waals surface area contributed by atoms with Crippen LogP contribution < -0.4 is 10.6 Å². The van der Waals surface area contributed by atoms with Crippen LogP contribution in [0.4, 0.5) is 5.69 Å². The van der Waals surface area contributed by atoms with Crippen LogP contribution in [-0.2, 0) is 6.42 Å². The number of rotatable bonds is 4. The second-order valence-corrected chi connectivity index (χ2v) is 6.73. The van der Waals surface area contributed by atoms with E-state index in [1.807, 2.05) is 36.5 Å². The minimum Gasteiger partial charge on any atom is -0.362 e. The Morgan fingerprint density at radius 1 is 1.21 bits per heavy atom. The Bertz CT molecular complexity index is 885. The van der Waals surface area contributed by atoms with Crippen LogP contribution in [0.3, 0.4) is 0 Å². The maximum atomic E-state index is 6.09. The van der Waals surface area contributed by atoms with Gasteiger partial charge in [0, 0.05) is 34.4 Å². The van der Waals surface area contributed by atoms with Crippen LogP contribution in [0.5, 0.6) is 0 Å². The molecule has 3 aromatic rings. The standard InChI is InChI=1S/C19H20ClN3S/c1-12-4-3-5-17(13(12)2)23-19(24)21-9-8-14-11-22-18-7-6-15(20)10-16(14)18/h3-7,10-11,22H,8-9H2,1-2H3,(H2,21,23,24). The monoisotopic (exact) mass is 357 g/mol. The topological polar surface area (TPSA) is 39.8 Å². The molecule has 0 atom stereocenters. The Kier molecular flexibility index (Phi) is 5.07. The highest BCUT2D eigenvalue weighted by Crippen LogP contribution is 2.22. The Morgan fingerprint density at radius 3 is 2.88 bits per heavy atom. The van der Waals surface area contributed by atoms with Gasteiger partial charge in [0.2, 0.25) is 0 Å². The number of thiocarbonyl (C=S) groups is 1. The number of aromatic nitrogens is 1. The molecule has 0 unspecified atom stereocenters. The van der Waals surface area contributed by atoms with Crippen LogP contribution in [-0.4, -0.2) is 16.6 Å². The Morgan fingerprint density at radius 2 is 2.04 bits per heavy atom. The van der Waals surface area contributed by atoms with Crippen molar-refractivity contribution in [2.75, 3.05) is 11.9 Å². The van der Waals surface area contributed by atoms with Crippen LogP contribution in [0.15, 0.2) is 42.6 Å². The third kappa shape index (κ3) is 3.71. The largest absolute Gasteiger partial charge is 0.362 e. The van der Waals surface area contributed by atoms with Crippen molar-refractivity contribution in [3.05, 3.63) is 64.3 Å². The number of hydrogen-bond donors (Lipinski definition) is 3. The van der Waals surface area contributed by atoms with Crippen LogP contribution in [0, 0.1) is 13.8 Å². The average molecular weight is 358 g/mol. The fourth-order valence-electron chi connectivity index (χ4n) is 2.72. The lowest BCUT2D eigenvalue weighted by molar-refractivity contribution is 0.878. The van der Waals surface area contributed by atoms with E-state index in [0.717, 1.165) is 34.6 Å². The zero-order chi connectivity index (χ0) is 17.1. The summed E-state index contributed by atoms with van der Waals surface area (Å²) in [6, 6.07) is 12.1. The van der Waals surface area contributed by atoms with E-state index in [0.29, 0.717) is 5.11 Å². The van der Waals surface area contributed by atoms with Crippen molar-refractivity contribution < 1.29 is 0 Å². The molecule has 24 heavy (non-hydrogen) atoms. The number of aromatic amines is 1. The average Bonchev–Trinajstić information content (AvgIpc) is 2.94. The highest BCUT2D eigenvalue weighted by molar-refractivity contribution is 7.80. The van der Waals surface area contributed by atoms with Gasteiger partial charge in [-0.15, -0.1) is 0 Å². The van der Waals surface area contributed by atoms with Crippen molar-refractivity contribution in [1.29, 1.82) is 0 Å². The molecule has 3 nitrogen and oxygen atoms in total. The van der Waals surface area contributed by atoms with Crippen molar-refractivity contribution in [1.82, 2.24) is 10.3 Å². The number of nitrogens with one attached hydrogen (secondary N) is 3. The highest BCUT2D eigenvalue weighted by atomic mass is 35.5. The number of hydrogen-bond acceptors (Lipinski definition) is 1. The molecule has 0 amide bonds. The summed E-state index contributed by atoms with van der Waals surface area (Å²) in [4.78, 5) is 3.27. The van der Waals surface area contributed by atoms with E-state index >= 15 is 0 Å². The first kappa shape index (κ1) is 16.8. The minimum atomic E-state index is 0.640.